The van der Waals surface area contributed by atoms with Gasteiger partial charge in [0.1, 0.15) is 49.4 Å². The molecule has 18 heteroatoms. The number of hydrogen-bond donors (Lipinski definition) is 6. The maximum absolute atomic E-state index is 9.69. The first kappa shape index (κ1) is 51.5. The van der Waals surface area contributed by atoms with E-state index >= 15 is 0 Å². The molecule has 0 bridgehead atoms. The standard InChI is InChI=1S/C54H56Cl2N8O8/c1-35-39(33-71-51-21-49(41(19-47(51)55)25-57-43(27-65)28-66)69-31-37-11-13-53(59-23-37)63-17-5-15-61-63)7-3-9-45(35)46-10-4-8-40(36(46)2)34-72-52-22-50(42(20-48(52)56)26-58-44(29-67)30-68)70-32-38-12-14-54(60-24-38)64-18-6-16-62-64/h3-24,43-44,57-58,65-68H,25-34H2,1-2H3. The minimum atomic E-state index is -0.523. The molecule has 0 aliphatic carbocycles. The molecule has 0 spiro atoms. The van der Waals surface area contributed by atoms with E-state index in [1.54, 1.807) is 58.4 Å². The van der Waals surface area contributed by atoms with Gasteiger partial charge in [-0.15, -0.1) is 0 Å². The van der Waals surface area contributed by atoms with Gasteiger partial charge in [-0.1, -0.05) is 71.7 Å². The molecule has 4 heterocycles. The number of aromatic nitrogens is 6. The summed E-state index contributed by atoms with van der Waals surface area (Å²) in [6, 6.07) is 29.5. The number of pyridine rings is 2. The number of benzene rings is 4. The third-order valence-corrected chi connectivity index (χ3v) is 12.7. The number of nitrogens with zero attached hydrogens (tertiary/aromatic N) is 6. The quantitative estimate of drug-likeness (QED) is 0.0326. The van der Waals surface area contributed by atoms with Crippen molar-refractivity contribution < 1.29 is 39.4 Å². The molecule has 0 aliphatic rings. The Morgan fingerprint density at radius 3 is 1.28 bits per heavy atom. The van der Waals surface area contributed by atoms with Crippen molar-refractivity contribution in [3.05, 3.63) is 189 Å². The first-order valence-electron chi connectivity index (χ1n) is 23.3. The van der Waals surface area contributed by atoms with Crippen LogP contribution >= 0.6 is 23.2 Å². The fraction of sp³-hybridized carbons (Fsp3) is 0.259. The van der Waals surface area contributed by atoms with Gasteiger partial charge >= 0.3 is 0 Å². The second-order valence-electron chi connectivity index (χ2n) is 17.0. The van der Waals surface area contributed by atoms with E-state index in [-0.39, 0.29) is 65.9 Å². The predicted molar refractivity (Wildman–Crippen MR) is 274 cm³/mol. The average Bonchev–Trinajstić information content (AvgIpc) is 4.16. The number of nitrogens with one attached hydrogen (secondary N) is 2. The van der Waals surface area contributed by atoms with Crippen molar-refractivity contribution in [3.63, 3.8) is 0 Å². The number of hydrogen-bond acceptors (Lipinski definition) is 14. The van der Waals surface area contributed by atoms with Gasteiger partial charge in [0.2, 0.25) is 0 Å². The lowest BCUT2D eigenvalue weighted by molar-refractivity contribution is 0.169. The van der Waals surface area contributed by atoms with Gasteiger partial charge in [0.05, 0.1) is 48.6 Å². The summed E-state index contributed by atoms with van der Waals surface area (Å²) in [6.07, 6.45) is 10.5. The molecular weight excluding hydrogens is 960 g/mol. The Bertz CT molecular complexity index is 2790. The SMILES string of the molecule is Cc1c(COc2cc(OCc3ccc(-n4cccn4)nc3)c(CNC(CO)CO)cc2Cl)cccc1-c1cccc(COc2cc(OCc3ccc(-n4cccn4)nc3)c(CNC(CO)CO)cc2Cl)c1C. The maximum Gasteiger partial charge on any atom is 0.153 e. The van der Waals surface area contributed by atoms with Gasteiger partial charge in [-0.2, -0.15) is 10.2 Å². The lowest BCUT2D eigenvalue weighted by Gasteiger charge is -2.20. The van der Waals surface area contributed by atoms with Crippen molar-refractivity contribution in [2.45, 2.75) is 65.4 Å². The van der Waals surface area contributed by atoms with Crippen molar-refractivity contribution in [2.24, 2.45) is 0 Å². The van der Waals surface area contributed by atoms with Crippen molar-refractivity contribution in [1.29, 1.82) is 0 Å². The molecule has 72 heavy (non-hydrogen) atoms. The molecule has 0 fully saturated rings. The maximum atomic E-state index is 9.69. The van der Waals surface area contributed by atoms with E-state index in [0.29, 0.717) is 44.7 Å². The monoisotopic (exact) mass is 1010 g/mol. The fourth-order valence-corrected chi connectivity index (χ4v) is 8.26. The molecule has 374 valence electrons. The molecule has 0 atom stereocenters. The molecule has 0 saturated heterocycles. The van der Waals surface area contributed by atoms with E-state index in [1.165, 1.54) is 0 Å². The molecule has 8 rings (SSSR count). The van der Waals surface area contributed by atoms with Crippen molar-refractivity contribution in [2.75, 3.05) is 26.4 Å². The van der Waals surface area contributed by atoms with E-state index in [4.69, 9.17) is 42.1 Å². The molecule has 16 nitrogen and oxygen atoms in total. The van der Waals surface area contributed by atoms with Gasteiger partial charge in [0, 0.05) is 84.7 Å². The van der Waals surface area contributed by atoms with Crippen LogP contribution in [-0.2, 0) is 39.5 Å². The van der Waals surface area contributed by atoms with Crippen LogP contribution in [0.3, 0.4) is 0 Å². The molecule has 0 radical (unpaired) electrons. The number of ether oxygens (including phenoxy) is 4. The Balaban J connectivity index is 0.968. The van der Waals surface area contributed by atoms with Crippen molar-refractivity contribution in [3.8, 4) is 45.8 Å². The number of aliphatic hydroxyl groups is 4. The summed E-state index contributed by atoms with van der Waals surface area (Å²) < 4.78 is 28.9. The molecule has 0 saturated carbocycles. The van der Waals surface area contributed by atoms with Gasteiger partial charge < -0.3 is 50.0 Å². The van der Waals surface area contributed by atoms with Crippen LogP contribution < -0.4 is 29.6 Å². The number of rotatable bonds is 25. The highest BCUT2D eigenvalue weighted by atomic mass is 35.5. The third kappa shape index (κ3) is 13.0. The zero-order chi connectivity index (χ0) is 50.4. The fourth-order valence-electron chi connectivity index (χ4n) is 7.78. The highest BCUT2D eigenvalue weighted by molar-refractivity contribution is 6.32. The Labute approximate surface area is 427 Å². The summed E-state index contributed by atoms with van der Waals surface area (Å²) >= 11 is 13.7. The average molecular weight is 1020 g/mol. The first-order valence-corrected chi connectivity index (χ1v) is 24.0. The molecule has 0 unspecified atom stereocenters. The molecule has 4 aromatic heterocycles. The molecule has 4 aromatic carbocycles. The van der Waals surface area contributed by atoms with Gasteiger partial charge in [0.15, 0.2) is 11.6 Å². The molecule has 6 N–H and O–H groups in total. The van der Waals surface area contributed by atoms with Crippen LogP contribution in [-0.4, -0.2) is 88.5 Å². The third-order valence-electron chi connectivity index (χ3n) is 12.1. The molecule has 0 aliphatic heterocycles. The Kier molecular flexibility index (Phi) is 17.9. The van der Waals surface area contributed by atoms with E-state index in [2.05, 4.69) is 56.8 Å². The smallest absolute Gasteiger partial charge is 0.153 e. The zero-order valence-electron chi connectivity index (χ0n) is 39.8. The highest BCUT2D eigenvalue weighted by Gasteiger charge is 2.19. The molecular formula is C54H56Cl2N8O8. The molecule has 8 aromatic rings. The second-order valence-corrected chi connectivity index (χ2v) is 17.8. The lowest BCUT2D eigenvalue weighted by atomic mass is 9.92. The Morgan fingerprint density at radius 2 is 0.917 bits per heavy atom. The summed E-state index contributed by atoms with van der Waals surface area (Å²) in [5.74, 6) is 3.25. The number of aliphatic hydroxyl groups excluding tert-OH is 4. The van der Waals surface area contributed by atoms with Crippen LogP contribution in [0.25, 0.3) is 22.8 Å². The van der Waals surface area contributed by atoms with Crippen LogP contribution in [0, 0.1) is 13.8 Å². The van der Waals surface area contributed by atoms with Gasteiger partial charge in [-0.3, -0.25) is 0 Å². The minimum absolute atomic E-state index is 0.210. The summed E-state index contributed by atoms with van der Waals surface area (Å²) in [4.78, 5) is 9.04. The van der Waals surface area contributed by atoms with Crippen molar-refractivity contribution in [1.82, 2.24) is 40.2 Å². The van der Waals surface area contributed by atoms with Crippen LogP contribution in [0.1, 0.15) is 44.5 Å². The molecule has 0 amide bonds. The van der Waals surface area contributed by atoms with Gasteiger partial charge in [-0.05, 0) is 83.6 Å². The Hall–Kier alpha value is -6.86. The summed E-state index contributed by atoms with van der Waals surface area (Å²) in [6.45, 7) is 4.58. The summed E-state index contributed by atoms with van der Waals surface area (Å²) in [5.41, 5.74) is 9.14. The predicted octanol–water partition coefficient (Wildman–Crippen LogP) is 7.64. The first-order chi connectivity index (χ1) is 35.1. The summed E-state index contributed by atoms with van der Waals surface area (Å²) in [5, 5.41) is 54.3. The highest BCUT2D eigenvalue weighted by Crippen LogP contribution is 2.37. The van der Waals surface area contributed by atoms with Gasteiger partial charge in [-0.25, -0.2) is 19.3 Å². The minimum Gasteiger partial charge on any atom is -0.488 e. The second kappa shape index (κ2) is 25.0. The van der Waals surface area contributed by atoms with Crippen molar-refractivity contribution >= 4 is 23.2 Å². The van der Waals surface area contributed by atoms with Crippen LogP contribution in [0.5, 0.6) is 23.0 Å². The van der Waals surface area contributed by atoms with E-state index in [0.717, 1.165) is 55.6 Å². The van der Waals surface area contributed by atoms with Crippen LogP contribution in [0.4, 0.5) is 0 Å². The zero-order valence-corrected chi connectivity index (χ0v) is 41.3. The lowest BCUT2D eigenvalue weighted by Crippen LogP contribution is -2.35. The largest absolute Gasteiger partial charge is 0.488 e. The van der Waals surface area contributed by atoms with Crippen LogP contribution in [0.15, 0.2) is 134 Å². The van der Waals surface area contributed by atoms with Gasteiger partial charge in [0.25, 0.3) is 0 Å². The Morgan fingerprint density at radius 1 is 0.500 bits per heavy atom. The number of halogens is 2. The van der Waals surface area contributed by atoms with E-state index in [9.17, 15) is 20.4 Å². The van der Waals surface area contributed by atoms with E-state index in [1.807, 2.05) is 73.1 Å². The normalized spacial score (nSPS) is 11.4. The topological polar surface area (TPSA) is 203 Å². The summed E-state index contributed by atoms with van der Waals surface area (Å²) in [7, 11) is 0. The van der Waals surface area contributed by atoms with Crippen LogP contribution in [0.2, 0.25) is 10.0 Å². The van der Waals surface area contributed by atoms with E-state index < -0.39 is 12.1 Å².